The lowest BCUT2D eigenvalue weighted by molar-refractivity contribution is 0.276. The van der Waals surface area contributed by atoms with E-state index in [9.17, 15) is 8.42 Å². The maximum Gasteiger partial charge on any atom is 0.211 e. The molecule has 0 aromatic carbocycles. The van der Waals surface area contributed by atoms with Gasteiger partial charge in [-0.2, -0.15) is 0 Å². The van der Waals surface area contributed by atoms with E-state index >= 15 is 0 Å². The Morgan fingerprint density at radius 2 is 1.92 bits per heavy atom. The number of hydrogen-bond donors (Lipinski definition) is 1. The first-order valence-corrected chi connectivity index (χ1v) is 11.2. The first-order chi connectivity index (χ1) is 11.3. The van der Waals surface area contributed by atoms with Crippen LogP contribution < -0.4 is 5.32 Å². The van der Waals surface area contributed by atoms with Crippen molar-refractivity contribution in [3.05, 3.63) is 0 Å². The van der Waals surface area contributed by atoms with Gasteiger partial charge in [-0.05, 0) is 43.9 Å². The molecule has 2 fully saturated rings. The van der Waals surface area contributed by atoms with Crippen molar-refractivity contribution >= 4 is 40.0 Å². The Morgan fingerprint density at radius 1 is 1.24 bits per heavy atom. The molecule has 2 rings (SSSR count). The van der Waals surface area contributed by atoms with E-state index < -0.39 is 10.0 Å². The van der Waals surface area contributed by atoms with Crippen LogP contribution >= 0.6 is 24.0 Å². The van der Waals surface area contributed by atoms with Gasteiger partial charge in [-0.1, -0.05) is 13.8 Å². The Bertz CT molecular complexity index is 549. The van der Waals surface area contributed by atoms with E-state index in [1.807, 2.05) is 0 Å². The Balaban J connectivity index is 0.00000312. The van der Waals surface area contributed by atoms with Crippen molar-refractivity contribution in [2.75, 3.05) is 45.5 Å². The highest BCUT2D eigenvalue weighted by molar-refractivity contribution is 14.0. The summed E-state index contributed by atoms with van der Waals surface area (Å²) < 4.78 is 24.9. The van der Waals surface area contributed by atoms with E-state index in [0.717, 1.165) is 32.0 Å². The van der Waals surface area contributed by atoms with E-state index in [1.165, 1.54) is 25.5 Å². The number of nitrogens with one attached hydrogen (secondary N) is 1. The van der Waals surface area contributed by atoms with Crippen molar-refractivity contribution in [1.82, 2.24) is 14.5 Å². The van der Waals surface area contributed by atoms with Crippen LogP contribution in [0.15, 0.2) is 4.99 Å². The van der Waals surface area contributed by atoms with Crippen molar-refractivity contribution in [3.63, 3.8) is 0 Å². The molecule has 2 saturated heterocycles. The molecule has 25 heavy (non-hydrogen) atoms. The Morgan fingerprint density at radius 3 is 2.40 bits per heavy atom. The molecule has 2 heterocycles. The van der Waals surface area contributed by atoms with E-state index in [4.69, 9.17) is 4.99 Å². The third-order valence-corrected chi connectivity index (χ3v) is 7.06. The molecule has 1 atom stereocenters. The molecule has 0 amide bonds. The third kappa shape index (κ3) is 5.95. The number of nitrogens with zero attached hydrogens (tertiary/aromatic N) is 3. The maximum atomic E-state index is 11.6. The van der Waals surface area contributed by atoms with Crippen LogP contribution in [0.5, 0.6) is 0 Å². The van der Waals surface area contributed by atoms with Crippen LogP contribution in [-0.4, -0.2) is 69.1 Å². The predicted octanol–water partition coefficient (Wildman–Crippen LogP) is 2.36. The second-order valence-electron chi connectivity index (χ2n) is 7.35. The van der Waals surface area contributed by atoms with Crippen LogP contribution in [0.3, 0.4) is 0 Å². The molecule has 0 radical (unpaired) electrons. The summed E-state index contributed by atoms with van der Waals surface area (Å²) in [6.45, 7) is 11.6. The zero-order chi connectivity index (χ0) is 17.8. The van der Waals surface area contributed by atoms with Gasteiger partial charge in [-0.15, -0.1) is 24.0 Å². The van der Waals surface area contributed by atoms with E-state index in [-0.39, 0.29) is 24.0 Å². The zero-order valence-corrected chi connectivity index (χ0v) is 19.3. The second-order valence-corrected chi connectivity index (χ2v) is 9.33. The average Bonchev–Trinajstić information content (AvgIpc) is 3.18. The first-order valence-electron chi connectivity index (χ1n) is 9.32. The topological polar surface area (TPSA) is 65.0 Å². The van der Waals surface area contributed by atoms with Gasteiger partial charge >= 0.3 is 0 Å². The number of likely N-dealkylation sites (tertiary alicyclic amines) is 1. The molecule has 2 aliphatic rings. The van der Waals surface area contributed by atoms with Crippen molar-refractivity contribution in [1.29, 1.82) is 0 Å². The highest BCUT2D eigenvalue weighted by Crippen LogP contribution is 2.36. The molecule has 8 heteroatoms. The van der Waals surface area contributed by atoms with Gasteiger partial charge in [0.15, 0.2) is 5.96 Å². The number of rotatable bonds is 6. The van der Waals surface area contributed by atoms with Crippen LogP contribution in [-0.2, 0) is 10.0 Å². The van der Waals surface area contributed by atoms with E-state index in [0.29, 0.717) is 31.0 Å². The van der Waals surface area contributed by atoms with Gasteiger partial charge in [0.05, 0.1) is 6.26 Å². The van der Waals surface area contributed by atoms with Gasteiger partial charge in [0.1, 0.15) is 0 Å². The largest absolute Gasteiger partial charge is 0.357 e. The van der Waals surface area contributed by atoms with Gasteiger partial charge < -0.3 is 10.2 Å². The molecule has 1 unspecified atom stereocenters. The second kappa shape index (κ2) is 9.73. The summed E-state index contributed by atoms with van der Waals surface area (Å²) >= 11 is 0. The van der Waals surface area contributed by atoms with Crippen LogP contribution in [0.4, 0.5) is 0 Å². The van der Waals surface area contributed by atoms with Crippen LogP contribution in [0, 0.1) is 11.3 Å². The summed E-state index contributed by atoms with van der Waals surface area (Å²) in [5.41, 5.74) is 0.427. The van der Waals surface area contributed by atoms with Gasteiger partial charge in [-0.25, -0.2) is 12.7 Å². The summed E-state index contributed by atoms with van der Waals surface area (Å²) in [7, 11) is -3.06. The lowest BCUT2D eigenvalue weighted by atomic mass is 9.82. The normalized spacial score (nSPS) is 24.4. The molecule has 0 aromatic rings. The van der Waals surface area contributed by atoms with Crippen LogP contribution in [0.25, 0.3) is 0 Å². The standard InChI is InChI=1S/C17H34N4O2S.HI/c1-5-17(6-2)9-11-20(14-17)16(18-7-3)19-12-15-8-10-21(13-15)24(4,22)23;/h15H,5-14H2,1-4H3,(H,18,19);1H. The highest BCUT2D eigenvalue weighted by Gasteiger charge is 2.36. The van der Waals surface area contributed by atoms with E-state index in [2.05, 4.69) is 31.0 Å². The Hall–Kier alpha value is -0.0900. The number of guanidine groups is 1. The molecule has 0 saturated carbocycles. The zero-order valence-electron chi connectivity index (χ0n) is 16.1. The predicted molar refractivity (Wildman–Crippen MR) is 115 cm³/mol. The fraction of sp³-hybridized carbons (Fsp3) is 0.941. The minimum Gasteiger partial charge on any atom is -0.357 e. The lowest BCUT2D eigenvalue weighted by Gasteiger charge is -2.28. The van der Waals surface area contributed by atoms with Crippen molar-refractivity contribution < 1.29 is 8.42 Å². The molecule has 0 spiro atoms. The summed E-state index contributed by atoms with van der Waals surface area (Å²) in [5, 5.41) is 3.42. The molecule has 0 aromatic heterocycles. The number of aliphatic imine (C=N–C) groups is 1. The quantitative estimate of drug-likeness (QED) is 0.356. The summed E-state index contributed by atoms with van der Waals surface area (Å²) in [5.74, 6) is 1.33. The Labute approximate surface area is 170 Å². The monoisotopic (exact) mass is 486 g/mol. The smallest absolute Gasteiger partial charge is 0.211 e. The average molecular weight is 486 g/mol. The number of halogens is 1. The molecule has 6 nitrogen and oxygen atoms in total. The fourth-order valence-electron chi connectivity index (χ4n) is 3.83. The van der Waals surface area contributed by atoms with Gasteiger partial charge in [0.2, 0.25) is 10.0 Å². The molecule has 1 N–H and O–H groups in total. The minimum atomic E-state index is -3.06. The first kappa shape index (κ1) is 23.0. The van der Waals surface area contributed by atoms with Crippen molar-refractivity contribution in [2.45, 2.75) is 46.5 Å². The number of hydrogen-bond acceptors (Lipinski definition) is 3. The highest BCUT2D eigenvalue weighted by atomic mass is 127. The Kier molecular flexibility index (Phi) is 8.93. The van der Waals surface area contributed by atoms with Crippen molar-refractivity contribution in [2.24, 2.45) is 16.3 Å². The third-order valence-electron chi connectivity index (χ3n) is 5.79. The SMILES string of the molecule is CCNC(=NCC1CCN(S(C)(=O)=O)C1)N1CCC(CC)(CC)C1.I. The fourth-order valence-corrected chi connectivity index (χ4v) is 4.75. The van der Waals surface area contributed by atoms with Crippen molar-refractivity contribution in [3.8, 4) is 0 Å². The molecule has 0 bridgehead atoms. The maximum absolute atomic E-state index is 11.6. The number of sulfonamides is 1. The molecule has 2 aliphatic heterocycles. The molecular formula is C17H35IN4O2S. The molecule has 148 valence electrons. The lowest BCUT2D eigenvalue weighted by Crippen LogP contribution is -2.41. The molecule has 0 aliphatic carbocycles. The van der Waals surface area contributed by atoms with Crippen LogP contribution in [0.2, 0.25) is 0 Å². The van der Waals surface area contributed by atoms with Crippen LogP contribution in [0.1, 0.15) is 46.5 Å². The summed E-state index contributed by atoms with van der Waals surface area (Å²) in [4.78, 5) is 7.23. The van der Waals surface area contributed by atoms with E-state index in [1.54, 1.807) is 4.31 Å². The molecular weight excluding hydrogens is 451 g/mol. The summed E-state index contributed by atoms with van der Waals surface area (Å²) in [6.07, 6.45) is 5.86. The van der Waals surface area contributed by atoms with Gasteiger partial charge in [0.25, 0.3) is 0 Å². The minimum absolute atomic E-state index is 0. The summed E-state index contributed by atoms with van der Waals surface area (Å²) in [6, 6.07) is 0. The van der Waals surface area contributed by atoms with Gasteiger partial charge in [0, 0.05) is 39.3 Å². The van der Waals surface area contributed by atoms with Gasteiger partial charge in [-0.3, -0.25) is 4.99 Å².